The number of nitrogens with zero attached hydrogens (tertiary/aromatic N) is 4. The molecule has 0 spiro atoms. The van der Waals surface area contributed by atoms with Crippen molar-refractivity contribution >= 4 is 24.8 Å². The summed E-state index contributed by atoms with van der Waals surface area (Å²) >= 11 is 0. The molecule has 3 N–H and O–H groups in total. The summed E-state index contributed by atoms with van der Waals surface area (Å²) in [6, 6.07) is 0. The summed E-state index contributed by atoms with van der Waals surface area (Å²) in [5, 5.41) is 9.89. The minimum absolute atomic E-state index is 0. The van der Waals surface area contributed by atoms with E-state index >= 15 is 0 Å². The van der Waals surface area contributed by atoms with E-state index in [1.807, 2.05) is 0 Å². The Morgan fingerprint density at radius 2 is 2.26 bits per heavy atom. The van der Waals surface area contributed by atoms with Crippen LogP contribution in [0.15, 0.2) is 12.7 Å². The van der Waals surface area contributed by atoms with Crippen LogP contribution in [0.1, 0.15) is 12.6 Å². The van der Waals surface area contributed by atoms with E-state index < -0.39 is 26.4 Å². The number of aliphatic hydroxyl groups is 1. The molecule has 0 bridgehead atoms. The molecule has 0 radical (unpaired) electrons. The topological polar surface area (TPSA) is 158 Å². The van der Waals surface area contributed by atoms with Crippen LogP contribution in [0.4, 0.5) is 5.82 Å². The quantitative estimate of drug-likeness (QED) is 0.412. The van der Waals surface area contributed by atoms with E-state index in [1.165, 1.54) is 17.2 Å². The maximum Gasteiger partial charge on any atom is 1.00 e. The summed E-state index contributed by atoms with van der Waals surface area (Å²) in [4.78, 5) is 23.2. The molecule has 3 heterocycles. The van der Waals surface area contributed by atoms with E-state index in [0.717, 1.165) is 7.11 Å². The molecule has 2 aromatic rings. The number of aliphatic hydroxyl groups excluding tert-OH is 1. The van der Waals surface area contributed by atoms with Gasteiger partial charge < -0.3 is 25.0 Å². The van der Waals surface area contributed by atoms with E-state index in [-0.39, 0.29) is 41.8 Å². The molecule has 0 amide bonds. The van der Waals surface area contributed by atoms with Gasteiger partial charge in [0.15, 0.2) is 17.8 Å². The van der Waals surface area contributed by atoms with Crippen molar-refractivity contribution in [3.8, 4) is 0 Å². The van der Waals surface area contributed by atoms with Crippen molar-refractivity contribution in [2.75, 3.05) is 12.8 Å². The second kappa shape index (κ2) is 7.09. The molecular formula is C10H13N5NaO6P. The number of nitrogens with two attached hydrogens (primary N) is 1. The van der Waals surface area contributed by atoms with Gasteiger partial charge in [-0.3, -0.25) is 13.7 Å². The third-order valence-electron chi connectivity index (χ3n) is 3.20. The van der Waals surface area contributed by atoms with Crippen molar-refractivity contribution in [1.82, 2.24) is 19.5 Å². The Morgan fingerprint density at radius 1 is 1.52 bits per heavy atom. The molecule has 0 aromatic carbocycles. The molecule has 0 saturated carbocycles. The molecule has 1 saturated heterocycles. The van der Waals surface area contributed by atoms with Crippen molar-refractivity contribution in [2.24, 2.45) is 0 Å². The Bertz CT molecular complexity index is 744. The monoisotopic (exact) mass is 353 g/mol. The van der Waals surface area contributed by atoms with Gasteiger partial charge >= 0.3 is 29.6 Å². The summed E-state index contributed by atoms with van der Waals surface area (Å²) in [5.74, 6) is 0.207. The predicted octanol–water partition coefficient (Wildman–Crippen LogP) is -3.85. The summed E-state index contributed by atoms with van der Waals surface area (Å²) in [5.41, 5.74) is 6.48. The number of aromatic nitrogens is 4. The Kier molecular flexibility index (Phi) is 5.77. The normalized spacial score (nSPS) is 26.8. The molecule has 1 aliphatic heterocycles. The van der Waals surface area contributed by atoms with E-state index in [2.05, 4.69) is 24.0 Å². The zero-order valence-electron chi connectivity index (χ0n) is 12.4. The van der Waals surface area contributed by atoms with Crippen LogP contribution in [0.25, 0.3) is 11.2 Å². The molecule has 2 aromatic heterocycles. The minimum atomic E-state index is -4.52. The van der Waals surface area contributed by atoms with Crippen LogP contribution < -0.4 is 40.2 Å². The average molecular weight is 353 g/mol. The van der Waals surface area contributed by atoms with Crippen LogP contribution in [0.5, 0.6) is 0 Å². The molecule has 23 heavy (non-hydrogen) atoms. The van der Waals surface area contributed by atoms with E-state index in [0.29, 0.717) is 11.2 Å². The Balaban J connectivity index is 0.00000192. The fraction of sp³-hybridized carbons (Fsp3) is 0.500. The number of phosphoric acid groups is 1. The van der Waals surface area contributed by atoms with Gasteiger partial charge in [0.1, 0.15) is 24.2 Å². The number of hydrogen-bond acceptors (Lipinski definition) is 10. The second-order valence-corrected chi connectivity index (χ2v) is 6.05. The number of hydrogen-bond donors (Lipinski definition) is 2. The maximum atomic E-state index is 11.3. The smallest absolute Gasteiger partial charge is 0.756 e. The average Bonchev–Trinajstić information content (AvgIpc) is 3.04. The molecule has 3 unspecified atom stereocenters. The number of imidazole rings is 1. The first-order chi connectivity index (χ1) is 10.4. The number of anilines is 1. The third kappa shape index (κ3) is 3.73. The van der Waals surface area contributed by atoms with E-state index in [9.17, 15) is 14.6 Å². The van der Waals surface area contributed by atoms with Gasteiger partial charge in [-0.2, -0.15) is 0 Å². The Labute approximate surface area is 152 Å². The van der Waals surface area contributed by atoms with Gasteiger partial charge in [-0.15, -0.1) is 0 Å². The standard InChI is InChI=1S/C10H14N5O6P.Na/c1-19-22(17,18)21-10-5(16)2-6(20-10)15-4-14-7-8(11)12-3-13-9(7)15;/h3-6,10,16H,2H2,1H3,(H,17,18)(H2,11,12,13);/q;+1/p-1/t5?,6?,10-;/m1./s1. The number of rotatable bonds is 4. The minimum Gasteiger partial charge on any atom is -0.756 e. The van der Waals surface area contributed by atoms with Gasteiger partial charge in [-0.25, -0.2) is 15.0 Å². The molecular weight excluding hydrogens is 340 g/mol. The fourth-order valence-electron chi connectivity index (χ4n) is 2.14. The van der Waals surface area contributed by atoms with Gasteiger partial charge in [0, 0.05) is 13.5 Å². The van der Waals surface area contributed by atoms with Gasteiger partial charge in [-0.05, 0) is 0 Å². The molecule has 0 aliphatic carbocycles. The van der Waals surface area contributed by atoms with Crippen LogP contribution in [-0.2, 0) is 18.3 Å². The van der Waals surface area contributed by atoms with Crippen molar-refractivity contribution in [1.29, 1.82) is 0 Å². The fourth-order valence-corrected chi connectivity index (χ4v) is 2.67. The van der Waals surface area contributed by atoms with Gasteiger partial charge in [0.05, 0.1) is 6.33 Å². The van der Waals surface area contributed by atoms with Crippen molar-refractivity contribution < 1.29 is 57.9 Å². The maximum absolute atomic E-state index is 11.3. The molecule has 11 nitrogen and oxygen atoms in total. The zero-order chi connectivity index (χ0) is 15.9. The van der Waals surface area contributed by atoms with Crippen LogP contribution >= 0.6 is 7.82 Å². The van der Waals surface area contributed by atoms with Crippen molar-refractivity contribution in [2.45, 2.75) is 25.0 Å². The summed E-state index contributed by atoms with van der Waals surface area (Å²) in [7, 11) is -3.57. The largest absolute Gasteiger partial charge is 1.00 e. The number of nitrogen functional groups attached to an aromatic ring is 1. The van der Waals surface area contributed by atoms with Gasteiger partial charge in [0.2, 0.25) is 0 Å². The first kappa shape index (κ1) is 18.7. The second-order valence-electron chi connectivity index (χ2n) is 4.58. The molecule has 4 atom stereocenters. The molecule has 1 fully saturated rings. The Morgan fingerprint density at radius 3 is 2.96 bits per heavy atom. The summed E-state index contributed by atoms with van der Waals surface area (Å²) < 4.78 is 27.0. The van der Waals surface area contributed by atoms with Crippen LogP contribution in [-0.4, -0.2) is 44.1 Å². The van der Waals surface area contributed by atoms with Crippen LogP contribution in [0.3, 0.4) is 0 Å². The van der Waals surface area contributed by atoms with Gasteiger partial charge in [-0.1, -0.05) is 0 Å². The van der Waals surface area contributed by atoms with Crippen LogP contribution in [0, 0.1) is 0 Å². The summed E-state index contributed by atoms with van der Waals surface area (Å²) in [6.45, 7) is 0. The number of fused-ring (bicyclic) bond motifs is 1. The predicted molar refractivity (Wildman–Crippen MR) is 70.0 cm³/mol. The zero-order valence-corrected chi connectivity index (χ0v) is 15.3. The van der Waals surface area contributed by atoms with Crippen LogP contribution in [0.2, 0.25) is 0 Å². The molecule has 1 aliphatic rings. The molecule has 3 rings (SSSR count). The van der Waals surface area contributed by atoms with E-state index in [4.69, 9.17) is 10.5 Å². The third-order valence-corrected chi connectivity index (χ3v) is 4.12. The first-order valence-corrected chi connectivity index (χ1v) is 7.69. The number of phosphoric ester groups is 1. The Hall–Kier alpha value is -0.620. The van der Waals surface area contributed by atoms with Crippen molar-refractivity contribution in [3.63, 3.8) is 0 Å². The van der Waals surface area contributed by atoms with E-state index in [1.54, 1.807) is 0 Å². The SMILES string of the molecule is COP(=O)([O-])O[C@H]1OC(n2cnc3c(N)ncnc32)CC1O.[Na+]. The van der Waals surface area contributed by atoms with Gasteiger partial charge in [0.25, 0.3) is 7.82 Å². The summed E-state index contributed by atoms with van der Waals surface area (Å²) in [6.07, 6.45) is -0.460. The number of ether oxygens (including phenoxy) is 1. The molecule has 120 valence electrons. The van der Waals surface area contributed by atoms with Crippen molar-refractivity contribution in [3.05, 3.63) is 12.7 Å². The first-order valence-electron chi connectivity index (χ1n) is 6.23. The molecule has 13 heteroatoms.